The highest BCUT2D eigenvalue weighted by Gasteiger charge is 2.29. The molecule has 0 saturated carbocycles. The van der Waals surface area contributed by atoms with E-state index in [1.165, 1.54) is 11.4 Å². The Balaban J connectivity index is 2.04. The van der Waals surface area contributed by atoms with Crippen LogP contribution >= 0.6 is 0 Å². The molecule has 2 atom stereocenters. The molecule has 2 N–H and O–H groups in total. The number of rotatable bonds is 5. The number of aryl methyl sites for hydroxylation is 1. The van der Waals surface area contributed by atoms with Gasteiger partial charge in [0, 0.05) is 30.9 Å². The van der Waals surface area contributed by atoms with Gasteiger partial charge in [-0.05, 0) is 50.8 Å². The van der Waals surface area contributed by atoms with Crippen molar-refractivity contribution in [3.05, 3.63) is 23.5 Å². The summed E-state index contributed by atoms with van der Waals surface area (Å²) in [6, 6.07) is 4.45. The van der Waals surface area contributed by atoms with Crippen LogP contribution in [-0.4, -0.2) is 28.5 Å². The van der Waals surface area contributed by atoms with Gasteiger partial charge in [0.15, 0.2) is 0 Å². The molecule has 0 aromatic carbocycles. The van der Waals surface area contributed by atoms with Crippen LogP contribution in [0.2, 0.25) is 0 Å². The van der Waals surface area contributed by atoms with Crippen LogP contribution in [0.1, 0.15) is 51.0 Å². The van der Waals surface area contributed by atoms with Crippen molar-refractivity contribution in [2.45, 2.75) is 53.1 Å². The number of nitrogens with zero attached hydrogens (tertiary/aromatic N) is 2. The maximum atomic E-state index is 12.6. The summed E-state index contributed by atoms with van der Waals surface area (Å²) in [5.74, 6) is 1.15. The molecule has 0 aliphatic carbocycles. The van der Waals surface area contributed by atoms with Gasteiger partial charge in [-0.3, -0.25) is 4.79 Å². The van der Waals surface area contributed by atoms with E-state index in [0.717, 1.165) is 19.5 Å². The van der Waals surface area contributed by atoms with E-state index in [1.54, 1.807) is 0 Å². The Kier molecular flexibility index (Phi) is 5.09. The van der Waals surface area contributed by atoms with Crippen LogP contribution in [0.5, 0.6) is 0 Å². The van der Waals surface area contributed by atoms with E-state index in [-0.39, 0.29) is 11.9 Å². The van der Waals surface area contributed by atoms with Gasteiger partial charge in [-0.15, -0.1) is 0 Å². The Bertz CT molecular complexity index is 492. The number of carbonyl (C=O) groups is 1. The van der Waals surface area contributed by atoms with Crippen molar-refractivity contribution >= 4 is 5.91 Å². The van der Waals surface area contributed by atoms with E-state index in [4.69, 9.17) is 5.73 Å². The van der Waals surface area contributed by atoms with E-state index < -0.39 is 0 Å². The molecule has 2 heterocycles. The van der Waals surface area contributed by atoms with Crippen molar-refractivity contribution in [3.63, 3.8) is 0 Å². The van der Waals surface area contributed by atoms with Crippen molar-refractivity contribution in [1.82, 2.24) is 9.47 Å². The molecule has 21 heavy (non-hydrogen) atoms. The molecule has 0 fully saturated rings. The van der Waals surface area contributed by atoms with Gasteiger partial charge < -0.3 is 15.2 Å². The number of carbonyl (C=O) groups excluding carboxylic acids is 1. The molecule has 4 heteroatoms. The second-order valence-electron chi connectivity index (χ2n) is 6.75. The van der Waals surface area contributed by atoms with Gasteiger partial charge in [-0.25, -0.2) is 0 Å². The largest absolute Gasteiger partial charge is 0.345 e. The number of nitrogens with two attached hydrogens (primary N) is 1. The Morgan fingerprint density at radius 2 is 2.10 bits per heavy atom. The Hall–Kier alpha value is -1.29. The van der Waals surface area contributed by atoms with Crippen LogP contribution in [-0.2, 0) is 11.3 Å². The highest BCUT2D eigenvalue weighted by atomic mass is 16.2. The number of hydrogen-bond acceptors (Lipinski definition) is 2. The normalized spacial score (nSPS) is 19.7. The lowest BCUT2D eigenvalue weighted by Gasteiger charge is -2.36. The van der Waals surface area contributed by atoms with Crippen molar-refractivity contribution in [2.24, 2.45) is 17.6 Å². The first-order valence-electron chi connectivity index (χ1n) is 8.09. The summed E-state index contributed by atoms with van der Waals surface area (Å²) in [7, 11) is 0. The summed E-state index contributed by atoms with van der Waals surface area (Å²) in [4.78, 5) is 14.7. The molecular weight excluding hydrogens is 262 g/mol. The van der Waals surface area contributed by atoms with Gasteiger partial charge in [0.05, 0.1) is 6.04 Å². The highest BCUT2D eigenvalue weighted by Crippen LogP contribution is 2.28. The zero-order valence-electron chi connectivity index (χ0n) is 13.8. The molecule has 0 spiro atoms. The minimum absolute atomic E-state index is 0.164. The van der Waals surface area contributed by atoms with Gasteiger partial charge in [-0.2, -0.15) is 0 Å². The van der Waals surface area contributed by atoms with Gasteiger partial charge in [0.2, 0.25) is 5.91 Å². The molecule has 2 unspecified atom stereocenters. The van der Waals surface area contributed by atoms with Gasteiger partial charge in [-0.1, -0.05) is 13.8 Å². The average Bonchev–Trinajstić information content (AvgIpc) is 2.80. The first kappa shape index (κ1) is 16.1. The van der Waals surface area contributed by atoms with Crippen LogP contribution in [0.3, 0.4) is 0 Å². The highest BCUT2D eigenvalue weighted by molar-refractivity contribution is 5.77. The fourth-order valence-corrected chi connectivity index (χ4v) is 3.46. The third-order valence-electron chi connectivity index (χ3n) is 4.61. The van der Waals surface area contributed by atoms with E-state index >= 15 is 0 Å². The van der Waals surface area contributed by atoms with Crippen molar-refractivity contribution < 1.29 is 4.79 Å². The quantitative estimate of drug-likeness (QED) is 0.907. The predicted octanol–water partition coefficient (Wildman–Crippen LogP) is 2.71. The fourth-order valence-electron chi connectivity index (χ4n) is 3.46. The molecule has 2 rings (SSSR count). The summed E-state index contributed by atoms with van der Waals surface area (Å²) in [6.45, 7) is 10.9. The Labute approximate surface area is 128 Å². The molecule has 0 radical (unpaired) electrons. The molecule has 118 valence electrons. The number of hydrogen-bond donors (Lipinski definition) is 1. The van der Waals surface area contributed by atoms with Gasteiger partial charge in [0.1, 0.15) is 0 Å². The second-order valence-corrected chi connectivity index (χ2v) is 6.75. The average molecular weight is 291 g/mol. The monoisotopic (exact) mass is 291 g/mol. The van der Waals surface area contributed by atoms with Crippen LogP contribution < -0.4 is 5.73 Å². The minimum Gasteiger partial charge on any atom is -0.345 e. The van der Waals surface area contributed by atoms with Crippen molar-refractivity contribution in [3.8, 4) is 0 Å². The lowest BCUT2D eigenvalue weighted by molar-refractivity contribution is -0.135. The zero-order chi connectivity index (χ0) is 15.6. The first-order valence-corrected chi connectivity index (χ1v) is 8.09. The molecule has 0 saturated heterocycles. The number of amides is 1. The third kappa shape index (κ3) is 3.49. The number of fused-ring (bicyclic) bond motifs is 1. The summed E-state index contributed by atoms with van der Waals surface area (Å²) >= 11 is 0. The molecule has 1 amide bonds. The zero-order valence-corrected chi connectivity index (χ0v) is 13.8. The lowest BCUT2D eigenvalue weighted by Crippen LogP contribution is -2.42. The maximum absolute atomic E-state index is 12.6. The van der Waals surface area contributed by atoms with Crippen molar-refractivity contribution in [1.29, 1.82) is 0 Å². The Morgan fingerprint density at radius 3 is 2.71 bits per heavy atom. The molecule has 0 bridgehead atoms. The molecule has 1 aliphatic heterocycles. The van der Waals surface area contributed by atoms with E-state index in [1.807, 2.05) is 4.90 Å². The smallest absolute Gasteiger partial charge is 0.223 e. The fraction of sp³-hybridized carbons (Fsp3) is 0.706. The van der Waals surface area contributed by atoms with E-state index in [9.17, 15) is 4.79 Å². The first-order chi connectivity index (χ1) is 9.93. The SMILES string of the molecule is Cc1ccc2n1CCN(C(=O)CC(CN)CC(C)C)C2C. The molecule has 1 aromatic heterocycles. The van der Waals surface area contributed by atoms with E-state index in [0.29, 0.717) is 24.8 Å². The standard InChI is InChI=1S/C17H29N3O/c1-12(2)9-15(11-18)10-17(21)20-8-7-19-13(3)5-6-16(19)14(20)4/h5-6,12,14-15H,7-11,18H2,1-4H3. The maximum Gasteiger partial charge on any atom is 0.223 e. The molecule has 4 nitrogen and oxygen atoms in total. The molecule has 1 aliphatic rings. The minimum atomic E-state index is 0.164. The van der Waals surface area contributed by atoms with Crippen LogP contribution in [0, 0.1) is 18.8 Å². The van der Waals surface area contributed by atoms with Crippen LogP contribution in [0.25, 0.3) is 0 Å². The van der Waals surface area contributed by atoms with Gasteiger partial charge in [0.25, 0.3) is 0 Å². The van der Waals surface area contributed by atoms with E-state index in [2.05, 4.69) is 44.4 Å². The van der Waals surface area contributed by atoms with Crippen LogP contribution in [0.4, 0.5) is 0 Å². The predicted molar refractivity (Wildman–Crippen MR) is 85.9 cm³/mol. The lowest BCUT2D eigenvalue weighted by atomic mass is 9.93. The molecule has 1 aromatic rings. The number of aromatic nitrogens is 1. The van der Waals surface area contributed by atoms with Gasteiger partial charge >= 0.3 is 0 Å². The second kappa shape index (κ2) is 6.65. The third-order valence-corrected chi connectivity index (χ3v) is 4.61. The topological polar surface area (TPSA) is 51.3 Å². The summed E-state index contributed by atoms with van der Waals surface area (Å²) in [5, 5.41) is 0. The molecular formula is C17H29N3O. The summed E-state index contributed by atoms with van der Waals surface area (Å²) < 4.78 is 2.32. The summed E-state index contributed by atoms with van der Waals surface area (Å²) in [6.07, 6.45) is 1.61. The Morgan fingerprint density at radius 1 is 1.38 bits per heavy atom. The van der Waals surface area contributed by atoms with Crippen LogP contribution in [0.15, 0.2) is 12.1 Å². The summed E-state index contributed by atoms with van der Waals surface area (Å²) in [5.41, 5.74) is 8.37. The van der Waals surface area contributed by atoms with Crippen molar-refractivity contribution in [2.75, 3.05) is 13.1 Å².